The molecule has 0 bridgehead atoms. The van der Waals surface area contributed by atoms with Crippen molar-refractivity contribution in [1.82, 2.24) is 0 Å². The number of hydrogen-bond acceptors (Lipinski definition) is 3. The molecule has 0 aliphatic rings. The molecule has 0 fully saturated rings. The van der Waals surface area contributed by atoms with Gasteiger partial charge in [-0.25, -0.2) is 8.42 Å². The number of hydrogen-bond donors (Lipinski definition) is 2. The summed E-state index contributed by atoms with van der Waals surface area (Å²) in [5, 5.41) is 2.79. The van der Waals surface area contributed by atoms with E-state index in [1.54, 1.807) is 36.4 Å². The van der Waals surface area contributed by atoms with E-state index in [2.05, 4.69) is 32.6 Å². The highest BCUT2D eigenvalue weighted by Crippen LogP contribution is 2.18. The summed E-state index contributed by atoms with van der Waals surface area (Å²) in [6.07, 6.45) is 0. The smallest absolute Gasteiger partial charge is 0.261 e. The van der Waals surface area contributed by atoms with Gasteiger partial charge in [0, 0.05) is 20.5 Å². The second kappa shape index (κ2) is 7.88. The summed E-state index contributed by atoms with van der Waals surface area (Å²) in [6.45, 7) is 0. The first-order chi connectivity index (χ1) is 12.4. The molecule has 0 unspecified atom stereocenters. The van der Waals surface area contributed by atoms with Crippen molar-refractivity contribution in [2.45, 2.75) is 4.90 Å². The number of rotatable bonds is 5. The van der Waals surface area contributed by atoms with E-state index in [1.807, 2.05) is 24.3 Å². The number of sulfonamides is 1. The second-order valence-electron chi connectivity index (χ2n) is 5.46. The zero-order valence-corrected chi connectivity index (χ0v) is 16.5. The highest BCUT2D eigenvalue weighted by atomic mass is 127. The van der Waals surface area contributed by atoms with Crippen LogP contribution in [0.25, 0.3) is 0 Å². The van der Waals surface area contributed by atoms with Crippen LogP contribution < -0.4 is 10.0 Å². The summed E-state index contributed by atoms with van der Waals surface area (Å²) in [5.74, 6) is -0.313. The average Bonchev–Trinajstić information content (AvgIpc) is 2.64. The zero-order chi connectivity index (χ0) is 18.6. The number of carbonyl (C=O) groups excluding carboxylic acids is 1. The van der Waals surface area contributed by atoms with E-state index in [4.69, 9.17) is 0 Å². The minimum atomic E-state index is -3.70. The van der Waals surface area contributed by atoms with Gasteiger partial charge in [0.25, 0.3) is 15.9 Å². The van der Waals surface area contributed by atoms with Gasteiger partial charge in [-0.1, -0.05) is 24.3 Å². The number of halogens is 1. The SMILES string of the molecule is O=C(Nc1ccc(I)cc1)c1cccc(NS(=O)(=O)c2ccccc2)c1. The maximum atomic E-state index is 12.4. The van der Waals surface area contributed by atoms with E-state index in [0.717, 1.165) is 3.57 Å². The van der Waals surface area contributed by atoms with Crippen molar-refractivity contribution in [3.05, 3.63) is 88.0 Å². The van der Waals surface area contributed by atoms with Crippen molar-refractivity contribution in [2.24, 2.45) is 0 Å². The molecule has 26 heavy (non-hydrogen) atoms. The molecular weight excluding hydrogens is 463 g/mol. The van der Waals surface area contributed by atoms with Crippen molar-refractivity contribution < 1.29 is 13.2 Å². The highest BCUT2D eigenvalue weighted by molar-refractivity contribution is 14.1. The number of benzene rings is 3. The van der Waals surface area contributed by atoms with Gasteiger partial charge in [0.2, 0.25) is 0 Å². The Bertz CT molecular complexity index is 1020. The first-order valence-corrected chi connectivity index (χ1v) is 10.3. The van der Waals surface area contributed by atoms with Crippen molar-refractivity contribution in [3.63, 3.8) is 0 Å². The Kier molecular flexibility index (Phi) is 5.58. The van der Waals surface area contributed by atoms with E-state index >= 15 is 0 Å². The number of anilines is 2. The van der Waals surface area contributed by atoms with Crippen LogP contribution in [-0.2, 0) is 10.0 Å². The molecule has 1 amide bonds. The summed E-state index contributed by atoms with van der Waals surface area (Å²) >= 11 is 2.19. The van der Waals surface area contributed by atoms with Crippen LogP contribution in [0.2, 0.25) is 0 Å². The lowest BCUT2D eigenvalue weighted by molar-refractivity contribution is 0.102. The van der Waals surface area contributed by atoms with Gasteiger partial charge in [0.1, 0.15) is 0 Å². The Hall–Kier alpha value is -2.39. The summed E-state index contributed by atoms with van der Waals surface area (Å²) in [4.78, 5) is 12.6. The van der Waals surface area contributed by atoms with Gasteiger partial charge in [0.05, 0.1) is 4.90 Å². The standard InChI is InChI=1S/C19H15IN2O3S/c20-15-9-11-16(12-10-15)21-19(23)14-5-4-6-17(13-14)22-26(24,25)18-7-2-1-3-8-18/h1-13,22H,(H,21,23). The number of carbonyl (C=O) groups is 1. The minimum absolute atomic E-state index is 0.161. The molecule has 5 nitrogen and oxygen atoms in total. The molecule has 2 N–H and O–H groups in total. The van der Waals surface area contributed by atoms with Gasteiger partial charge in [-0.15, -0.1) is 0 Å². The summed E-state index contributed by atoms with van der Waals surface area (Å²) in [7, 11) is -3.70. The monoisotopic (exact) mass is 478 g/mol. The van der Waals surface area contributed by atoms with Gasteiger partial charge in [-0.2, -0.15) is 0 Å². The molecule has 0 aliphatic heterocycles. The van der Waals surface area contributed by atoms with Crippen LogP contribution in [0.3, 0.4) is 0 Å². The minimum Gasteiger partial charge on any atom is -0.322 e. The quantitative estimate of drug-likeness (QED) is 0.536. The average molecular weight is 478 g/mol. The molecule has 0 atom stereocenters. The molecule has 0 radical (unpaired) electrons. The fourth-order valence-electron chi connectivity index (χ4n) is 2.27. The van der Waals surface area contributed by atoms with Crippen LogP contribution in [0.4, 0.5) is 11.4 Å². The third kappa shape index (κ3) is 4.61. The molecule has 0 saturated carbocycles. The summed E-state index contributed by atoms with van der Waals surface area (Å²) < 4.78 is 28.3. The van der Waals surface area contributed by atoms with Crippen LogP contribution in [0.5, 0.6) is 0 Å². The molecule has 7 heteroatoms. The molecule has 3 rings (SSSR count). The van der Waals surface area contributed by atoms with E-state index < -0.39 is 10.0 Å². The Morgan fingerprint density at radius 2 is 1.50 bits per heavy atom. The van der Waals surface area contributed by atoms with Crippen LogP contribution in [0, 0.1) is 3.57 Å². The number of amides is 1. The van der Waals surface area contributed by atoms with Crippen LogP contribution in [0.15, 0.2) is 83.8 Å². The van der Waals surface area contributed by atoms with E-state index in [0.29, 0.717) is 16.9 Å². The van der Waals surface area contributed by atoms with Gasteiger partial charge in [-0.3, -0.25) is 9.52 Å². The van der Waals surface area contributed by atoms with Gasteiger partial charge < -0.3 is 5.32 Å². The topological polar surface area (TPSA) is 75.3 Å². The van der Waals surface area contributed by atoms with Gasteiger partial charge in [0.15, 0.2) is 0 Å². The first-order valence-electron chi connectivity index (χ1n) is 7.69. The van der Waals surface area contributed by atoms with E-state index in [1.165, 1.54) is 18.2 Å². The molecule has 0 heterocycles. The Balaban J connectivity index is 1.77. The van der Waals surface area contributed by atoms with Crippen LogP contribution >= 0.6 is 22.6 Å². The second-order valence-corrected chi connectivity index (χ2v) is 8.39. The van der Waals surface area contributed by atoms with Crippen molar-refractivity contribution in [1.29, 1.82) is 0 Å². The summed E-state index contributed by atoms with van der Waals surface area (Å²) in [5.41, 5.74) is 1.35. The van der Waals surface area contributed by atoms with E-state index in [9.17, 15) is 13.2 Å². The molecule has 0 saturated heterocycles. The Morgan fingerprint density at radius 3 is 2.19 bits per heavy atom. The Morgan fingerprint density at radius 1 is 0.808 bits per heavy atom. The fourth-order valence-corrected chi connectivity index (χ4v) is 3.70. The van der Waals surface area contributed by atoms with E-state index in [-0.39, 0.29) is 10.8 Å². The van der Waals surface area contributed by atoms with Crippen LogP contribution in [-0.4, -0.2) is 14.3 Å². The third-order valence-electron chi connectivity index (χ3n) is 3.53. The zero-order valence-electron chi connectivity index (χ0n) is 13.5. The third-order valence-corrected chi connectivity index (χ3v) is 5.65. The van der Waals surface area contributed by atoms with Crippen LogP contribution in [0.1, 0.15) is 10.4 Å². The molecule has 0 aliphatic carbocycles. The van der Waals surface area contributed by atoms with Crippen molar-refractivity contribution in [2.75, 3.05) is 10.0 Å². The number of nitrogens with one attached hydrogen (secondary N) is 2. The lowest BCUT2D eigenvalue weighted by atomic mass is 10.2. The van der Waals surface area contributed by atoms with Gasteiger partial charge >= 0.3 is 0 Å². The summed E-state index contributed by atoms with van der Waals surface area (Å²) in [6, 6.07) is 21.8. The molecular formula is C19H15IN2O3S. The predicted molar refractivity (Wildman–Crippen MR) is 111 cm³/mol. The maximum absolute atomic E-state index is 12.4. The normalized spacial score (nSPS) is 11.0. The first kappa shape index (κ1) is 18.4. The highest BCUT2D eigenvalue weighted by Gasteiger charge is 2.14. The predicted octanol–water partition coefficient (Wildman–Crippen LogP) is 4.34. The van der Waals surface area contributed by atoms with Crippen molar-refractivity contribution in [3.8, 4) is 0 Å². The molecule has 0 aromatic heterocycles. The fraction of sp³-hybridized carbons (Fsp3) is 0. The molecule has 132 valence electrons. The molecule has 3 aromatic carbocycles. The van der Waals surface area contributed by atoms with Crippen molar-refractivity contribution >= 4 is 49.9 Å². The van der Waals surface area contributed by atoms with Gasteiger partial charge in [-0.05, 0) is 77.2 Å². The lowest BCUT2D eigenvalue weighted by Gasteiger charge is -2.10. The Labute approximate surface area is 165 Å². The maximum Gasteiger partial charge on any atom is 0.261 e. The lowest BCUT2D eigenvalue weighted by Crippen LogP contribution is -2.15. The molecule has 0 spiro atoms. The molecule has 3 aromatic rings. The largest absolute Gasteiger partial charge is 0.322 e.